The average molecular weight is 205 g/mol. The van der Waals surface area contributed by atoms with Crippen molar-refractivity contribution in [2.24, 2.45) is 5.92 Å². The van der Waals surface area contributed by atoms with Gasteiger partial charge in [-0.25, -0.2) is 4.21 Å². The van der Waals surface area contributed by atoms with Gasteiger partial charge < -0.3 is 9.29 Å². The largest absolute Gasteiger partial charge is 0.750 e. The molecular formula is C8H13O4S-. The van der Waals surface area contributed by atoms with Crippen LogP contribution in [0.2, 0.25) is 0 Å². The van der Waals surface area contributed by atoms with Crippen LogP contribution >= 0.6 is 0 Å². The Morgan fingerprint density at radius 1 is 1.69 bits per heavy atom. The SMILES string of the molecule is CC1C(OS(=O)[O-])C2CCC1(C)O2. The fourth-order valence-electron chi connectivity index (χ4n) is 2.36. The first-order chi connectivity index (χ1) is 6.03. The van der Waals surface area contributed by atoms with E-state index < -0.39 is 11.4 Å². The molecule has 2 saturated heterocycles. The predicted octanol–water partition coefficient (Wildman–Crippen LogP) is 0.753. The maximum atomic E-state index is 10.4. The van der Waals surface area contributed by atoms with Crippen LogP contribution in [0.15, 0.2) is 0 Å². The van der Waals surface area contributed by atoms with Crippen LogP contribution in [0.1, 0.15) is 26.7 Å². The van der Waals surface area contributed by atoms with E-state index in [0.29, 0.717) is 0 Å². The molecule has 76 valence electrons. The molecule has 0 spiro atoms. The Kier molecular flexibility index (Phi) is 2.22. The monoisotopic (exact) mass is 205 g/mol. The van der Waals surface area contributed by atoms with Gasteiger partial charge in [-0.1, -0.05) is 6.92 Å². The quantitative estimate of drug-likeness (QED) is 0.624. The van der Waals surface area contributed by atoms with E-state index in [2.05, 4.69) is 0 Å². The van der Waals surface area contributed by atoms with Crippen molar-refractivity contribution >= 4 is 11.4 Å². The molecule has 5 unspecified atom stereocenters. The van der Waals surface area contributed by atoms with Crippen molar-refractivity contribution in [3.8, 4) is 0 Å². The fourth-order valence-corrected chi connectivity index (χ4v) is 2.84. The van der Waals surface area contributed by atoms with Crippen LogP contribution in [0.5, 0.6) is 0 Å². The maximum Gasteiger partial charge on any atom is 0.105 e. The highest BCUT2D eigenvalue weighted by atomic mass is 32.2. The third-order valence-corrected chi connectivity index (χ3v) is 3.74. The molecule has 13 heavy (non-hydrogen) atoms. The van der Waals surface area contributed by atoms with Crippen LogP contribution in [0, 0.1) is 5.92 Å². The van der Waals surface area contributed by atoms with Crippen LogP contribution in [-0.4, -0.2) is 26.6 Å². The Labute approximate surface area is 80.1 Å². The van der Waals surface area contributed by atoms with E-state index in [0.717, 1.165) is 12.8 Å². The topological polar surface area (TPSA) is 58.6 Å². The molecule has 0 aromatic carbocycles. The first-order valence-corrected chi connectivity index (χ1v) is 5.47. The maximum absolute atomic E-state index is 10.4. The number of hydrogen-bond acceptors (Lipinski definition) is 4. The summed E-state index contributed by atoms with van der Waals surface area (Å²) in [4.78, 5) is 0. The molecule has 2 aliphatic heterocycles. The van der Waals surface area contributed by atoms with Crippen LogP contribution in [0.3, 0.4) is 0 Å². The standard InChI is InChI=1S/C8H14O4S/c1-5-7(12-13(9)10)6-3-4-8(5,2)11-6/h5-7H,3-4H2,1-2H3,(H,9,10)/p-1. The second kappa shape index (κ2) is 3.02. The summed E-state index contributed by atoms with van der Waals surface area (Å²) < 4.78 is 31.3. The molecule has 0 aromatic heterocycles. The molecule has 2 fully saturated rings. The van der Waals surface area contributed by atoms with E-state index in [1.807, 2.05) is 13.8 Å². The molecule has 0 radical (unpaired) electrons. The average Bonchev–Trinajstić information content (AvgIpc) is 2.50. The molecule has 0 saturated carbocycles. The van der Waals surface area contributed by atoms with Gasteiger partial charge in [-0.3, -0.25) is 4.18 Å². The van der Waals surface area contributed by atoms with Crippen LogP contribution < -0.4 is 0 Å². The lowest BCUT2D eigenvalue weighted by Crippen LogP contribution is -2.38. The van der Waals surface area contributed by atoms with Crippen LogP contribution in [-0.2, 0) is 20.3 Å². The molecule has 5 atom stereocenters. The predicted molar refractivity (Wildman–Crippen MR) is 45.5 cm³/mol. The molecule has 0 amide bonds. The van der Waals surface area contributed by atoms with Crippen molar-refractivity contribution in [2.45, 2.75) is 44.5 Å². The molecule has 0 N–H and O–H groups in total. The van der Waals surface area contributed by atoms with Crippen LogP contribution in [0.25, 0.3) is 0 Å². The van der Waals surface area contributed by atoms with Crippen molar-refractivity contribution in [1.29, 1.82) is 0 Å². The molecule has 2 bridgehead atoms. The lowest BCUT2D eigenvalue weighted by molar-refractivity contribution is 0.00836. The molecule has 0 aliphatic carbocycles. The van der Waals surface area contributed by atoms with Gasteiger partial charge in [0.1, 0.15) is 6.10 Å². The van der Waals surface area contributed by atoms with E-state index in [4.69, 9.17) is 8.92 Å². The summed E-state index contributed by atoms with van der Waals surface area (Å²) in [6, 6.07) is 0. The van der Waals surface area contributed by atoms with Gasteiger partial charge in [-0.2, -0.15) is 0 Å². The minimum atomic E-state index is -2.43. The van der Waals surface area contributed by atoms with Gasteiger partial charge in [-0.15, -0.1) is 0 Å². The van der Waals surface area contributed by atoms with E-state index in [9.17, 15) is 8.76 Å². The van der Waals surface area contributed by atoms with Gasteiger partial charge in [0.2, 0.25) is 0 Å². The van der Waals surface area contributed by atoms with Gasteiger partial charge in [0.25, 0.3) is 0 Å². The Morgan fingerprint density at radius 3 is 2.85 bits per heavy atom. The summed E-state index contributed by atoms with van der Waals surface area (Å²) in [6.45, 7) is 4.01. The number of ether oxygens (including phenoxy) is 1. The molecule has 4 nitrogen and oxygen atoms in total. The normalized spacial score (nSPS) is 51.2. The van der Waals surface area contributed by atoms with Crippen molar-refractivity contribution in [2.75, 3.05) is 0 Å². The molecular weight excluding hydrogens is 192 g/mol. The van der Waals surface area contributed by atoms with Crippen LogP contribution in [0.4, 0.5) is 0 Å². The highest BCUT2D eigenvalue weighted by Gasteiger charge is 2.55. The molecule has 2 aliphatic rings. The van der Waals surface area contributed by atoms with Gasteiger partial charge in [0.15, 0.2) is 0 Å². The summed E-state index contributed by atoms with van der Waals surface area (Å²) in [5.41, 5.74) is -0.172. The smallest absolute Gasteiger partial charge is 0.105 e. The zero-order chi connectivity index (χ0) is 9.64. The Hall–Kier alpha value is 0.0300. The number of hydrogen-bond donors (Lipinski definition) is 0. The summed E-state index contributed by atoms with van der Waals surface area (Å²) in [5.74, 6) is 0.157. The lowest BCUT2D eigenvalue weighted by Gasteiger charge is -2.30. The Balaban J connectivity index is 2.11. The summed E-state index contributed by atoms with van der Waals surface area (Å²) in [7, 11) is 0. The Morgan fingerprint density at radius 2 is 2.38 bits per heavy atom. The first kappa shape index (κ1) is 9.58. The third-order valence-electron chi connectivity index (χ3n) is 3.36. The molecule has 0 aromatic rings. The van der Waals surface area contributed by atoms with E-state index >= 15 is 0 Å². The van der Waals surface area contributed by atoms with E-state index in [1.165, 1.54) is 0 Å². The van der Waals surface area contributed by atoms with E-state index in [1.54, 1.807) is 0 Å². The first-order valence-electron chi connectivity index (χ1n) is 4.47. The summed E-state index contributed by atoms with van der Waals surface area (Å²) in [6.07, 6.45) is 1.60. The zero-order valence-electron chi connectivity index (χ0n) is 7.69. The summed E-state index contributed by atoms with van der Waals surface area (Å²) in [5, 5.41) is 0. The van der Waals surface area contributed by atoms with Crippen molar-refractivity contribution < 1.29 is 17.7 Å². The minimum Gasteiger partial charge on any atom is -0.750 e. The second-order valence-electron chi connectivity index (χ2n) is 4.06. The highest BCUT2D eigenvalue weighted by Crippen LogP contribution is 2.48. The second-order valence-corrected chi connectivity index (χ2v) is 4.66. The molecule has 2 rings (SSSR count). The third kappa shape index (κ3) is 1.44. The zero-order valence-corrected chi connectivity index (χ0v) is 8.50. The van der Waals surface area contributed by atoms with Gasteiger partial charge in [-0.05, 0) is 19.8 Å². The molecule has 5 heteroatoms. The summed E-state index contributed by atoms with van der Waals surface area (Å²) >= 11 is -2.43. The minimum absolute atomic E-state index is 0.0297. The number of fused-ring (bicyclic) bond motifs is 2. The van der Waals surface area contributed by atoms with Crippen molar-refractivity contribution in [3.63, 3.8) is 0 Å². The Bertz CT molecular complexity index is 244. The van der Waals surface area contributed by atoms with E-state index in [-0.39, 0.29) is 23.7 Å². The van der Waals surface area contributed by atoms with Gasteiger partial charge in [0, 0.05) is 5.92 Å². The van der Waals surface area contributed by atoms with Gasteiger partial charge >= 0.3 is 0 Å². The lowest BCUT2D eigenvalue weighted by atomic mass is 9.79. The number of rotatable bonds is 2. The van der Waals surface area contributed by atoms with Crippen molar-refractivity contribution in [3.05, 3.63) is 0 Å². The highest BCUT2D eigenvalue weighted by molar-refractivity contribution is 7.74. The van der Waals surface area contributed by atoms with Gasteiger partial charge in [0.05, 0.1) is 23.1 Å². The van der Waals surface area contributed by atoms with Crippen molar-refractivity contribution in [1.82, 2.24) is 0 Å². The molecule has 2 heterocycles. The fraction of sp³-hybridized carbons (Fsp3) is 1.00.